The average molecular weight is 169 g/mol. The molecule has 1 N–H and O–H groups in total. The first kappa shape index (κ1) is 7.21. The Bertz CT molecular complexity index is 362. The normalized spacial score (nSPS) is 14.3. The molecule has 12 heavy (non-hydrogen) atoms. The van der Waals surface area contributed by atoms with Crippen LogP contribution in [-0.4, -0.2) is 5.91 Å². The van der Waals surface area contributed by atoms with E-state index < -0.39 is 17.5 Å². The first-order valence-corrected chi connectivity index (χ1v) is 3.44. The lowest BCUT2D eigenvalue weighted by molar-refractivity contribution is 0.0965. The summed E-state index contributed by atoms with van der Waals surface area (Å²) in [7, 11) is 0. The van der Waals surface area contributed by atoms with E-state index in [4.69, 9.17) is 0 Å². The molecule has 1 aromatic rings. The number of halogens is 2. The van der Waals surface area contributed by atoms with Crippen molar-refractivity contribution in [3.05, 3.63) is 34.9 Å². The van der Waals surface area contributed by atoms with Crippen LogP contribution in [0.4, 0.5) is 8.78 Å². The molecule has 0 fully saturated rings. The fourth-order valence-electron chi connectivity index (χ4n) is 1.25. The number of hydrogen-bond acceptors (Lipinski definition) is 1. The van der Waals surface area contributed by atoms with Crippen molar-refractivity contribution in [1.29, 1.82) is 0 Å². The zero-order chi connectivity index (χ0) is 8.72. The topological polar surface area (TPSA) is 29.1 Å². The van der Waals surface area contributed by atoms with Crippen molar-refractivity contribution in [2.24, 2.45) is 0 Å². The lowest BCUT2D eigenvalue weighted by Crippen LogP contribution is -2.12. The second-order valence-corrected chi connectivity index (χ2v) is 2.60. The van der Waals surface area contributed by atoms with Gasteiger partial charge in [-0.15, -0.1) is 0 Å². The van der Waals surface area contributed by atoms with Crippen LogP contribution < -0.4 is 5.32 Å². The molecule has 62 valence electrons. The second-order valence-electron chi connectivity index (χ2n) is 2.60. The number of hydrogen-bond donors (Lipinski definition) is 1. The molecule has 1 aliphatic heterocycles. The monoisotopic (exact) mass is 169 g/mol. The van der Waals surface area contributed by atoms with Gasteiger partial charge in [0.05, 0.1) is 5.56 Å². The maximum absolute atomic E-state index is 12.9. The minimum absolute atomic E-state index is 0.104. The van der Waals surface area contributed by atoms with Gasteiger partial charge in [-0.25, -0.2) is 8.78 Å². The summed E-state index contributed by atoms with van der Waals surface area (Å²) in [6.07, 6.45) is 0. The minimum atomic E-state index is -0.719. The summed E-state index contributed by atoms with van der Waals surface area (Å²) in [6.45, 7) is 0.153. The third-order valence-electron chi connectivity index (χ3n) is 1.83. The predicted molar refractivity (Wildman–Crippen MR) is 37.5 cm³/mol. The molecule has 1 aromatic carbocycles. The molecular weight excluding hydrogens is 164 g/mol. The fraction of sp³-hybridized carbons (Fsp3) is 0.125. The number of carbonyl (C=O) groups excluding carboxylic acids is 1. The van der Waals surface area contributed by atoms with Crippen molar-refractivity contribution < 1.29 is 13.6 Å². The first-order valence-electron chi connectivity index (χ1n) is 3.44. The molecule has 0 saturated heterocycles. The van der Waals surface area contributed by atoms with Gasteiger partial charge in [0.1, 0.15) is 11.6 Å². The number of fused-ring (bicyclic) bond motifs is 1. The second kappa shape index (κ2) is 2.27. The van der Waals surface area contributed by atoms with Crippen molar-refractivity contribution in [2.75, 3.05) is 0 Å². The molecule has 1 aliphatic rings. The Morgan fingerprint density at radius 3 is 2.83 bits per heavy atom. The maximum Gasteiger partial charge on any atom is 0.252 e. The van der Waals surface area contributed by atoms with Crippen LogP contribution >= 0.6 is 0 Å². The molecule has 0 spiro atoms. The Hall–Kier alpha value is -1.45. The van der Waals surface area contributed by atoms with Crippen molar-refractivity contribution in [2.45, 2.75) is 6.54 Å². The van der Waals surface area contributed by atoms with Gasteiger partial charge in [0.2, 0.25) is 0 Å². The Kier molecular flexibility index (Phi) is 1.36. The van der Waals surface area contributed by atoms with Crippen LogP contribution in [0.3, 0.4) is 0 Å². The summed E-state index contributed by atoms with van der Waals surface area (Å²) >= 11 is 0. The summed E-state index contributed by atoms with van der Waals surface area (Å²) in [6, 6.07) is 1.82. The number of amides is 1. The van der Waals surface area contributed by atoms with Crippen LogP contribution in [0.15, 0.2) is 12.1 Å². The van der Waals surface area contributed by atoms with E-state index in [0.29, 0.717) is 0 Å². The van der Waals surface area contributed by atoms with E-state index in [2.05, 4.69) is 5.32 Å². The van der Waals surface area contributed by atoms with E-state index in [1.54, 1.807) is 0 Å². The number of nitrogens with one attached hydrogen (secondary N) is 1. The molecule has 0 unspecified atom stereocenters. The minimum Gasteiger partial charge on any atom is -0.348 e. The molecule has 0 atom stereocenters. The van der Waals surface area contributed by atoms with Gasteiger partial charge in [0, 0.05) is 18.2 Å². The summed E-state index contributed by atoms with van der Waals surface area (Å²) in [5.41, 5.74) is 0.355. The highest BCUT2D eigenvalue weighted by Crippen LogP contribution is 2.19. The molecule has 1 amide bonds. The molecule has 0 bridgehead atoms. The van der Waals surface area contributed by atoms with Crippen molar-refractivity contribution >= 4 is 5.91 Å². The molecule has 4 heteroatoms. The smallest absolute Gasteiger partial charge is 0.252 e. The summed E-state index contributed by atoms with van der Waals surface area (Å²) in [5.74, 6) is -1.80. The Labute approximate surface area is 67.2 Å². The molecule has 2 nitrogen and oxygen atoms in total. The number of carbonyl (C=O) groups is 1. The van der Waals surface area contributed by atoms with Crippen LogP contribution in [0.1, 0.15) is 15.9 Å². The highest BCUT2D eigenvalue weighted by molar-refractivity contribution is 5.98. The van der Waals surface area contributed by atoms with Crippen LogP contribution in [0.5, 0.6) is 0 Å². The highest BCUT2D eigenvalue weighted by Gasteiger charge is 2.22. The molecule has 0 radical (unpaired) electrons. The molecule has 0 aromatic heterocycles. The first-order chi connectivity index (χ1) is 5.68. The Morgan fingerprint density at radius 2 is 2.08 bits per heavy atom. The van der Waals surface area contributed by atoms with Crippen LogP contribution in [0.2, 0.25) is 0 Å². The van der Waals surface area contributed by atoms with Gasteiger partial charge in [-0.2, -0.15) is 0 Å². The SMILES string of the molecule is O=C1NCc2c(F)cc(F)cc21. The van der Waals surface area contributed by atoms with Gasteiger partial charge < -0.3 is 5.32 Å². The zero-order valence-corrected chi connectivity index (χ0v) is 6.03. The Balaban J connectivity index is 2.68. The standard InChI is InChI=1S/C8H5F2NO/c9-4-1-5-6(7(10)2-4)3-11-8(5)12/h1-2H,3H2,(H,11,12). The summed E-state index contributed by atoms with van der Waals surface area (Å²) in [5, 5.41) is 2.41. The lowest BCUT2D eigenvalue weighted by Gasteiger charge is -1.96. The largest absolute Gasteiger partial charge is 0.348 e. The number of benzene rings is 1. The van der Waals surface area contributed by atoms with E-state index in [-0.39, 0.29) is 17.7 Å². The van der Waals surface area contributed by atoms with Gasteiger partial charge >= 0.3 is 0 Å². The quantitative estimate of drug-likeness (QED) is 0.621. The predicted octanol–water partition coefficient (Wildman–Crippen LogP) is 1.21. The van der Waals surface area contributed by atoms with E-state index >= 15 is 0 Å². The maximum atomic E-state index is 12.9. The average Bonchev–Trinajstić information content (AvgIpc) is 2.33. The van der Waals surface area contributed by atoms with Crippen LogP contribution in [0, 0.1) is 11.6 Å². The lowest BCUT2D eigenvalue weighted by atomic mass is 10.1. The molecular formula is C8H5F2NO. The molecule has 1 heterocycles. The van der Waals surface area contributed by atoms with Crippen molar-refractivity contribution in [3.8, 4) is 0 Å². The van der Waals surface area contributed by atoms with Crippen LogP contribution in [0.25, 0.3) is 0 Å². The summed E-state index contributed by atoms with van der Waals surface area (Å²) < 4.78 is 25.5. The number of rotatable bonds is 0. The fourth-order valence-corrected chi connectivity index (χ4v) is 1.25. The van der Waals surface area contributed by atoms with E-state index in [1.807, 2.05) is 0 Å². The highest BCUT2D eigenvalue weighted by atomic mass is 19.1. The third-order valence-corrected chi connectivity index (χ3v) is 1.83. The van der Waals surface area contributed by atoms with Crippen LogP contribution in [-0.2, 0) is 6.54 Å². The van der Waals surface area contributed by atoms with Gasteiger partial charge in [0.25, 0.3) is 5.91 Å². The van der Waals surface area contributed by atoms with Gasteiger partial charge in [0.15, 0.2) is 0 Å². The van der Waals surface area contributed by atoms with E-state index in [1.165, 1.54) is 0 Å². The van der Waals surface area contributed by atoms with Gasteiger partial charge in [-0.05, 0) is 6.07 Å². The van der Waals surface area contributed by atoms with E-state index in [0.717, 1.165) is 12.1 Å². The van der Waals surface area contributed by atoms with E-state index in [9.17, 15) is 13.6 Å². The van der Waals surface area contributed by atoms with Gasteiger partial charge in [-0.1, -0.05) is 0 Å². The van der Waals surface area contributed by atoms with Gasteiger partial charge in [-0.3, -0.25) is 4.79 Å². The third kappa shape index (κ3) is 0.879. The molecule has 2 rings (SSSR count). The zero-order valence-electron chi connectivity index (χ0n) is 6.03. The molecule has 0 aliphatic carbocycles. The van der Waals surface area contributed by atoms with Crippen molar-refractivity contribution in [3.63, 3.8) is 0 Å². The summed E-state index contributed by atoms with van der Waals surface area (Å²) in [4.78, 5) is 10.9. The van der Waals surface area contributed by atoms with Crippen molar-refractivity contribution in [1.82, 2.24) is 5.32 Å². The Morgan fingerprint density at radius 1 is 1.33 bits per heavy atom. The molecule has 0 saturated carbocycles.